The molecule has 2 heterocycles. The van der Waals surface area contributed by atoms with Gasteiger partial charge in [0.15, 0.2) is 11.5 Å². The summed E-state index contributed by atoms with van der Waals surface area (Å²) in [5.41, 5.74) is 4.75. The van der Waals surface area contributed by atoms with Gasteiger partial charge in [-0.1, -0.05) is 35.9 Å². The number of methoxy groups -OCH3 is 1. The molecular formula is C26H24ClF3N2O4. The van der Waals surface area contributed by atoms with Crippen molar-refractivity contribution < 1.29 is 32.1 Å². The van der Waals surface area contributed by atoms with Gasteiger partial charge in [-0.2, -0.15) is 18.2 Å². The molecule has 1 atom stereocenters. The first-order chi connectivity index (χ1) is 17.3. The number of alkyl halides is 3. The molecule has 1 N–H and O–H groups in total. The van der Waals surface area contributed by atoms with Crippen molar-refractivity contribution in [2.75, 3.05) is 26.9 Å². The van der Waals surface area contributed by atoms with E-state index in [1.807, 2.05) is 30.3 Å². The molecule has 0 spiro atoms. The number of halogens is 4. The number of hydrogen-bond acceptors (Lipinski definition) is 6. The lowest BCUT2D eigenvalue weighted by atomic mass is 9.96. The van der Waals surface area contributed by atoms with Gasteiger partial charge in [0.05, 0.1) is 13.7 Å². The summed E-state index contributed by atoms with van der Waals surface area (Å²) >= 11 is 6.41. The van der Waals surface area contributed by atoms with Gasteiger partial charge in [-0.05, 0) is 53.3 Å². The topological polar surface area (TPSA) is 61.8 Å². The second kappa shape index (κ2) is 10.1. The first-order valence-corrected chi connectivity index (χ1v) is 11.9. The SMILES string of the molecule is COc1nc(O[C@H]2CCc3c(-c4ccc5c(c4)OCCO5)cccc32)c(Cl)cc1CNCC(F)(F)F. The van der Waals surface area contributed by atoms with Crippen LogP contribution < -0.4 is 24.3 Å². The van der Waals surface area contributed by atoms with E-state index in [1.54, 1.807) is 0 Å². The highest BCUT2D eigenvalue weighted by atomic mass is 35.5. The predicted octanol–water partition coefficient (Wildman–Crippen LogP) is 5.90. The van der Waals surface area contributed by atoms with Crippen LogP contribution in [0.25, 0.3) is 11.1 Å². The normalized spacial score (nSPS) is 16.5. The number of ether oxygens (including phenoxy) is 4. The Kier molecular flexibility index (Phi) is 6.85. The van der Waals surface area contributed by atoms with Crippen LogP contribution in [-0.4, -0.2) is 38.0 Å². The molecule has 6 nitrogen and oxygen atoms in total. The van der Waals surface area contributed by atoms with Gasteiger partial charge >= 0.3 is 6.18 Å². The lowest BCUT2D eigenvalue weighted by Crippen LogP contribution is -2.28. The van der Waals surface area contributed by atoms with Crippen molar-refractivity contribution in [2.24, 2.45) is 0 Å². The largest absolute Gasteiger partial charge is 0.486 e. The van der Waals surface area contributed by atoms with Crippen LogP contribution in [0.4, 0.5) is 13.2 Å². The molecule has 2 aliphatic rings. The summed E-state index contributed by atoms with van der Waals surface area (Å²) in [4.78, 5) is 4.34. The standard InChI is InChI=1S/C26H24ClF3N2O4/c1-33-24-16(13-31-14-26(28,29)30)11-20(27)25(32-24)36-21-8-6-18-17(3-2-4-19(18)21)15-5-7-22-23(12-15)35-10-9-34-22/h2-5,7,11-12,21,31H,6,8-10,13-14H2,1H3/t21-/m0/s1. The molecule has 0 fully saturated rings. The van der Waals surface area contributed by atoms with Crippen LogP contribution in [-0.2, 0) is 13.0 Å². The van der Waals surface area contributed by atoms with Crippen molar-refractivity contribution in [3.8, 4) is 34.4 Å². The number of aromatic nitrogens is 1. The number of nitrogens with one attached hydrogen (secondary N) is 1. The molecule has 0 radical (unpaired) electrons. The monoisotopic (exact) mass is 520 g/mol. The number of pyridine rings is 1. The minimum Gasteiger partial charge on any atom is -0.486 e. The van der Waals surface area contributed by atoms with Crippen molar-refractivity contribution in [3.05, 3.63) is 64.2 Å². The summed E-state index contributed by atoms with van der Waals surface area (Å²) in [6, 6.07) is 13.5. The summed E-state index contributed by atoms with van der Waals surface area (Å²) in [6.45, 7) is -0.163. The van der Waals surface area contributed by atoms with Gasteiger partial charge in [-0.15, -0.1) is 0 Å². The Bertz CT molecular complexity index is 1270. The molecule has 190 valence electrons. The van der Waals surface area contributed by atoms with E-state index in [-0.39, 0.29) is 29.4 Å². The summed E-state index contributed by atoms with van der Waals surface area (Å²) in [5.74, 6) is 1.81. The Labute approximate surface area is 211 Å². The highest BCUT2D eigenvalue weighted by Crippen LogP contribution is 2.43. The van der Waals surface area contributed by atoms with Gasteiger partial charge in [0.25, 0.3) is 0 Å². The molecule has 3 aromatic rings. The number of benzene rings is 2. The second-order valence-electron chi connectivity index (χ2n) is 8.54. The van der Waals surface area contributed by atoms with E-state index in [4.69, 9.17) is 30.5 Å². The fraction of sp³-hybridized carbons (Fsp3) is 0.346. The average Bonchev–Trinajstić information content (AvgIpc) is 3.27. The van der Waals surface area contributed by atoms with Crippen LogP contribution in [0.1, 0.15) is 29.2 Å². The Morgan fingerprint density at radius 3 is 2.67 bits per heavy atom. The maximum Gasteiger partial charge on any atom is 0.401 e. The van der Waals surface area contributed by atoms with Crippen LogP contribution in [0.2, 0.25) is 5.02 Å². The Balaban J connectivity index is 1.37. The van der Waals surface area contributed by atoms with Crippen LogP contribution in [0.5, 0.6) is 23.3 Å². The van der Waals surface area contributed by atoms with E-state index in [1.165, 1.54) is 18.7 Å². The van der Waals surface area contributed by atoms with Crippen molar-refractivity contribution in [2.45, 2.75) is 31.7 Å². The fourth-order valence-electron chi connectivity index (χ4n) is 4.57. The third kappa shape index (κ3) is 5.17. The van der Waals surface area contributed by atoms with Crippen molar-refractivity contribution >= 4 is 11.6 Å². The number of rotatable bonds is 7. The lowest BCUT2D eigenvalue weighted by molar-refractivity contribution is -0.125. The molecule has 2 aromatic carbocycles. The van der Waals surface area contributed by atoms with E-state index in [9.17, 15) is 13.2 Å². The number of hydrogen-bond donors (Lipinski definition) is 1. The molecule has 1 aromatic heterocycles. The van der Waals surface area contributed by atoms with Crippen molar-refractivity contribution in [3.63, 3.8) is 0 Å². The summed E-state index contributed by atoms with van der Waals surface area (Å²) in [7, 11) is 1.40. The molecule has 0 saturated carbocycles. The predicted molar refractivity (Wildman–Crippen MR) is 128 cm³/mol. The quantitative estimate of drug-likeness (QED) is 0.418. The van der Waals surface area contributed by atoms with Crippen LogP contribution in [0, 0.1) is 0 Å². The fourth-order valence-corrected chi connectivity index (χ4v) is 4.79. The summed E-state index contributed by atoms with van der Waals surface area (Å²) in [5, 5.41) is 2.53. The highest BCUT2D eigenvalue weighted by Gasteiger charge is 2.29. The number of nitrogens with zero attached hydrogens (tertiary/aromatic N) is 1. The summed E-state index contributed by atoms with van der Waals surface area (Å²) < 4.78 is 60.3. The maximum absolute atomic E-state index is 12.5. The van der Waals surface area contributed by atoms with Gasteiger partial charge < -0.3 is 24.3 Å². The van der Waals surface area contributed by atoms with E-state index in [0.717, 1.165) is 41.0 Å². The molecule has 0 bridgehead atoms. The third-order valence-corrected chi connectivity index (χ3v) is 6.41. The first-order valence-electron chi connectivity index (χ1n) is 11.5. The van der Waals surface area contributed by atoms with Crippen LogP contribution >= 0.6 is 11.6 Å². The molecule has 5 rings (SSSR count). The molecule has 10 heteroatoms. The van der Waals surface area contributed by atoms with Crippen molar-refractivity contribution in [1.82, 2.24) is 10.3 Å². The highest BCUT2D eigenvalue weighted by molar-refractivity contribution is 6.31. The molecule has 0 unspecified atom stereocenters. The zero-order valence-corrected chi connectivity index (χ0v) is 20.2. The molecule has 36 heavy (non-hydrogen) atoms. The Morgan fingerprint density at radius 2 is 1.89 bits per heavy atom. The van der Waals surface area contributed by atoms with E-state index in [2.05, 4.69) is 16.4 Å². The second-order valence-corrected chi connectivity index (χ2v) is 8.95. The van der Waals surface area contributed by atoms with Gasteiger partial charge in [0, 0.05) is 12.1 Å². The van der Waals surface area contributed by atoms with E-state index >= 15 is 0 Å². The van der Waals surface area contributed by atoms with Gasteiger partial charge in [0.1, 0.15) is 24.3 Å². The minimum atomic E-state index is -4.32. The van der Waals surface area contributed by atoms with Crippen molar-refractivity contribution in [1.29, 1.82) is 0 Å². The zero-order valence-electron chi connectivity index (χ0n) is 19.5. The first kappa shape index (κ1) is 24.5. The third-order valence-electron chi connectivity index (χ3n) is 6.14. The molecule has 1 aliphatic carbocycles. The Hall–Kier alpha value is -3.17. The zero-order chi connectivity index (χ0) is 25.3. The Morgan fingerprint density at radius 1 is 1.08 bits per heavy atom. The minimum absolute atomic E-state index is 0.0964. The van der Waals surface area contributed by atoms with Gasteiger partial charge in [0.2, 0.25) is 11.8 Å². The smallest absolute Gasteiger partial charge is 0.401 e. The maximum atomic E-state index is 12.5. The lowest BCUT2D eigenvalue weighted by Gasteiger charge is -2.20. The van der Waals surface area contributed by atoms with Gasteiger partial charge in [-0.25, -0.2) is 0 Å². The average molecular weight is 521 g/mol. The molecular weight excluding hydrogens is 497 g/mol. The molecule has 1 aliphatic heterocycles. The van der Waals surface area contributed by atoms with Crippen LogP contribution in [0.3, 0.4) is 0 Å². The van der Waals surface area contributed by atoms with E-state index in [0.29, 0.717) is 18.8 Å². The number of fused-ring (bicyclic) bond motifs is 2. The van der Waals surface area contributed by atoms with Gasteiger partial charge in [-0.3, -0.25) is 0 Å². The molecule has 0 saturated heterocycles. The van der Waals surface area contributed by atoms with Crippen LogP contribution in [0.15, 0.2) is 42.5 Å². The summed E-state index contributed by atoms with van der Waals surface area (Å²) in [6.07, 6.45) is -3.06. The van der Waals surface area contributed by atoms with E-state index < -0.39 is 12.7 Å². The molecule has 0 amide bonds.